The lowest BCUT2D eigenvalue weighted by atomic mass is 10.3. The van der Waals surface area contributed by atoms with Crippen LogP contribution in [0.3, 0.4) is 0 Å². The average molecular weight is 352 g/mol. The summed E-state index contributed by atoms with van der Waals surface area (Å²) in [6.07, 6.45) is 1.30. The van der Waals surface area contributed by atoms with Crippen LogP contribution in [-0.2, 0) is 16.5 Å². The molecule has 0 amide bonds. The zero-order valence-corrected chi connectivity index (χ0v) is 14.3. The number of nitrogens with one attached hydrogen (secondary N) is 1. The van der Waals surface area contributed by atoms with Gasteiger partial charge in [0.25, 0.3) is 10.1 Å². The van der Waals surface area contributed by atoms with Crippen LogP contribution in [0.1, 0.15) is 12.2 Å². The summed E-state index contributed by atoms with van der Waals surface area (Å²) >= 11 is 0. The number of hydrogen-bond acceptors (Lipinski definition) is 8. The highest BCUT2D eigenvalue weighted by molar-refractivity contribution is 7.86. The largest absolute Gasteiger partial charge is 0.347 e. The molecule has 9 nitrogen and oxygen atoms in total. The van der Waals surface area contributed by atoms with Crippen LogP contribution >= 0.6 is 0 Å². The standard InChI is InChI=1S/C14H20N6O3S/c1-20(2)14-18-12(8-5-9-15)17-13(19-14)16-10-6-3-4-7-11(10)24(21,22)23/h3-4,6-7H,5,8-9,15H2,1-2H3,(H,21,22,23)(H,16,17,18,19). The van der Waals surface area contributed by atoms with E-state index in [2.05, 4.69) is 20.3 Å². The fraction of sp³-hybridized carbons (Fsp3) is 0.357. The maximum atomic E-state index is 11.5. The second-order valence-electron chi connectivity index (χ2n) is 5.26. The normalized spacial score (nSPS) is 11.3. The Kier molecular flexibility index (Phi) is 5.65. The van der Waals surface area contributed by atoms with Crippen molar-refractivity contribution in [2.45, 2.75) is 17.7 Å². The molecule has 0 saturated carbocycles. The lowest BCUT2D eigenvalue weighted by Gasteiger charge is -2.14. The van der Waals surface area contributed by atoms with Crippen LogP contribution in [0, 0.1) is 0 Å². The number of hydrogen-bond donors (Lipinski definition) is 3. The van der Waals surface area contributed by atoms with Gasteiger partial charge in [0, 0.05) is 20.5 Å². The van der Waals surface area contributed by atoms with Crippen LogP contribution < -0.4 is 16.0 Å². The number of anilines is 3. The van der Waals surface area contributed by atoms with Crippen molar-refractivity contribution in [2.75, 3.05) is 30.9 Å². The molecule has 0 aliphatic heterocycles. The van der Waals surface area contributed by atoms with Gasteiger partial charge in [-0.2, -0.15) is 23.4 Å². The molecule has 2 rings (SSSR count). The summed E-state index contributed by atoms with van der Waals surface area (Å²) in [5, 5.41) is 2.83. The molecular formula is C14H20N6O3S. The first-order valence-corrected chi connectivity index (χ1v) is 8.71. The van der Waals surface area contributed by atoms with Gasteiger partial charge in [-0.05, 0) is 25.1 Å². The van der Waals surface area contributed by atoms with E-state index in [-0.39, 0.29) is 16.5 Å². The molecule has 0 aliphatic carbocycles. The second kappa shape index (κ2) is 7.51. The second-order valence-corrected chi connectivity index (χ2v) is 6.65. The van der Waals surface area contributed by atoms with Gasteiger partial charge in [0.1, 0.15) is 10.7 Å². The van der Waals surface area contributed by atoms with Crippen molar-refractivity contribution in [1.82, 2.24) is 15.0 Å². The van der Waals surface area contributed by atoms with Gasteiger partial charge >= 0.3 is 0 Å². The van der Waals surface area contributed by atoms with E-state index in [4.69, 9.17) is 5.73 Å². The molecule has 1 heterocycles. The van der Waals surface area contributed by atoms with Crippen LogP contribution in [-0.4, -0.2) is 48.6 Å². The summed E-state index contributed by atoms with van der Waals surface area (Å²) in [5.74, 6) is 1.17. The molecule has 0 aliphatic rings. The summed E-state index contributed by atoms with van der Waals surface area (Å²) < 4.78 is 32.3. The minimum atomic E-state index is -4.36. The summed E-state index contributed by atoms with van der Waals surface area (Å²) in [7, 11) is -0.786. The Bertz CT molecular complexity index is 810. The molecule has 24 heavy (non-hydrogen) atoms. The average Bonchev–Trinajstić information content (AvgIpc) is 2.52. The fourth-order valence-electron chi connectivity index (χ4n) is 1.95. The number of nitrogens with zero attached hydrogens (tertiary/aromatic N) is 4. The molecule has 10 heteroatoms. The third-order valence-electron chi connectivity index (χ3n) is 3.09. The predicted molar refractivity (Wildman–Crippen MR) is 91.1 cm³/mol. The predicted octanol–water partition coefficient (Wildman–Crippen LogP) is 0.819. The maximum absolute atomic E-state index is 11.5. The smallest absolute Gasteiger partial charge is 0.296 e. The summed E-state index contributed by atoms with van der Waals surface area (Å²) in [6.45, 7) is 0.511. The Morgan fingerprint density at radius 2 is 1.92 bits per heavy atom. The third kappa shape index (κ3) is 4.60. The number of aryl methyl sites for hydroxylation is 1. The van der Waals surface area contributed by atoms with E-state index in [1.165, 1.54) is 18.2 Å². The molecule has 0 unspecified atom stereocenters. The third-order valence-corrected chi connectivity index (χ3v) is 4.00. The lowest BCUT2D eigenvalue weighted by molar-refractivity contribution is 0.483. The van der Waals surface area contributed by atoms with E-state index in [9.17, 15) is 13.0 Å². The molecule has 0 atom stereocenters. The van der Waals surface area contributed by atoms with Crippen LogP contribution in [0.25, 0.3) is 0 Å². The number of nitrogens with two attached hydrogens (primary N) is 1. The SMILES string of the molecule is CN(C)c1nc(CCCN)nc(Nc2ccccc2S(=O)(=O)O)n1. The van der Waals surface area contributed by atoms with Gasteiger partial charge in [0.05, 0.1) is 5.69 Å². The van der Waals surface area contributed by atoms with Gasteiger partial charge in [0.15, 0.2) is 0 Å². The van der Waals surface area contributed by atoms with Crippen molar-refractivity contribution in [3.8, 4) is 0 Å². The van der Waals surface area contributed by atoms with Gasteiger partial charge in [0.2, 0.25) is 11.9 Å². The Morgan fingerprint density at radius 1 is 1.21 bits per heavy atom. The first-order valence-electron chi connectivity index (χ1n) is 7.27. The van der Waals surface area contributed by atoms with Crippen molar-refractivity contribution in [1.29, 1.82) is 0 Å². The number of para-hydroxylation sites is 1. The summed E-state index contributed by atoms with van der Waals surface area (Å²) in [6, 6.07) is 5.96. The summed E-state index contributed by atoms with van der Waals surface area (Å²) in [4.78, 5) is 14.3. The van der Waals surface area contributed by atoms with Crippen molar-refractivity contribution in [2.24, 2.45) is 5.73 Å². The van der Waals surface area contributed by atoms with E-state index < -0.39 is 10.1 Å². The molecule has 0 spiro atoms. The van der Waals surface area contributed by atoms with E-state index in [0.29, 0.717) is 24.7 Å². The quantitative estimate of drug-likeness (QED) is 0.619. The van der Waals surface area contributed by atoms with Crippen molar-refractivity contribution in [3.63, 3.8) is 0 Å². The van der Waals surface area contributed by atoms with Gasteiger partial charge < -0.3 is 16.0 Å². The summed E-state index contributed by atoms with van der Waals surface area (Å²) in [5.41, 5.74) is 5.69. The minimum absolute atomic E-state index is 0.181. The molecule has 0 fully saturated rings. The van der Waals surface area contributed by atoms with Crippen LogP contribution in [0.15, 0.2) is 29.2 Å². The zero-order chi connectivity index (χ0) is 17.7. The zero-order valence-electron chi connectivity index (χ0n) is 13.5. The molecule has 130 valence electrons. The molecule has 1 aromatic carbocycles. The molecule has 2 aromatic rings. The van der Waals surface area contributed by atoms with Gasteiger partial charge in [-0.15, -0.1) is 0 Å². The lowest BCUT2D eigenvalue weighted by Crippen LogP contribution is -2.17. The van der Waals surface area contributed by atoms with E-state index in [0.717, 1.165) is 6.42 Å². The monoisotopic (exact) mass is 352 g/mol. The first-order chi connectivity index (χ1) is 11.3. The van der Waals surface area contributed by atoms with E-state index in [1.807, 2.05) is 0 Å². The van der Waals surface area contributed by atoms with Crippen LogP contribution in [0.4, 0.5) is 17.6 Å². The van der Waals surface area contributed by atoms with E-state index in [1.54, 1.807) is 25.1 Å². The number of benzene rings is 1. The van der Waals surface area contributed by atoms with Crippen LogP contribution in [0.5, 0.6) is 0 Å². The maximum Gasteiger partial charge on any atom is 0.296 e. The molecule has 1 aromatic heterocycles. The Hall–Kier alpha value is -2.30. The minimum Gasteiger partial charge on any atom is -0.347 e. The molecule has 0 bridgehead atoms. The van der Waals surface area contributed by atoms with Crippen molar-refractivity contribution >= 4 is 27.7 Å². The topological polar surface area (TPSA) is 134 Å². The first kappa shape index (κ1) is 18.0. The van der Waals surface area contributed by atoms with Crippen molar-refractivity contribution < 1.29 is 13.0 Å². The highest BCUT2D eigenvalue weighted by atomic mass is 32.2. The fourth-order valence-corrected chi connectivity index (χ4v) is 2.60. The molecule has 0 radical (unpaired) electrons. The van der Waals surface area contributed by atoms with Gasteiger partial charge in [-0.3, -0.25) is 4.55 Å². The molecular weight excluding hydrogens is 332 g/mol. The highest BCUT2D eigenvalue weighted by Crippen LogP contribution is 2.23. The number of rotatable bonds is 7. The van der Waals surface area contributed by atoms with Crippen LogP contribution in [0.2, 0.25) is 0 Å². The van der Waals surface area contributed by atoms with Crippen molar-refractivity contribution in [3.05, 3.63) is 30.1 Å². The Morgan fingerprint density at radius 3 is 2.54 bits per heavy atom. The molecule has 0 saturated heterocycles. The van der Waals surface area contributed by atoms with E-state index >= 15 is 0 Å². The number of aromatic nitrogens is 3. The Balaban J connectivity index is 2.41. The molecule has 4 N–H and O–H groups in total. The highest BCUT2D eigenvalue weighted by Gasteiger charge is 2.16. The van der Waals surface area contributed by atoms with Gasteiger partial charge in [-0.25, -0.2) is 0 Å². The van der Waals surface area contributed by atoms with Gasteiger partial charge in [-0.1, -0.05) is 12.1 Å². The Labute approximate surface area is 140 Å².